The molecular weight excluding hydrogens is 379 g/mol. The Morgan fingerprint density at radius 1 is 0.857 bits per heavy atom. The van der Waals surface area contributed by atoms with Gasteiger partial charge in [0.25, 0.3) is 5.91 Å². The van der Waals surface area contributed by atoms with E-state index in [1.165, 1.54) is 6.07 Å². The van der Waals surface area contributed by atoms with E-state index in [1.807, 2.05) is 18.2 Å². The molecule has 0 aliphatic rings. The first-order valence-corrected chi connectivity index (χ1v) is 9.40. The van der Waals surface area contributed by atoms with Gasteiger partial charge in [-0.15, -0.1) is 11.8 Å². The number of ether oxygens (including phenoxy) is 1. The lowest BCUT2D eigenvalue weighted by Gasteiger charge is -2.09. The van der Waals surface area contributed by atoms with Gasteiger partial charge in [-0.2, -0.15) is 0 Å². The lowest BCUT2D eigenvalue weighted by Crippen LogP contribution is -2.42. The molecule has 0 fully saturated rings. The van der Waals surface area contributed by atoms with Crippen molar-refractivity contribution < 1.29 is 18.7 Å². The molecule has 3 aromatic carbocycles. The van der Waals surface area contributed by atoms with Crippen LogP contribution < -0.4 is 15.6 Å². The Bertz CT molecular complexity index is 967. The summed E-state index contributed by atoms with van der Waals surface area (Å²) in [6.45, 7) is 0. The smallest absolute Gasteiger partial charge is 0.269 e. The quantitative estimate of drug-likeness (QED) is 0.485. The second-order valence-corrected chi connectivity index (χ2v) is 6.68. The number of carbonyl (C=O) groups excluding carboxylic acids is 2. The van der Waals surface area contributed by atoms with Crippen LogP contribution in [0.4, 0.5) is 4.39 Å². The zero-order valence-corrected chi connectivity index (χ0v) is 15.5. The molecule has 5 nitrogen and oxygen atoms in total. The summed E-state index contributed by atoms with van der Waals surface area (Å²) in [5.41, 5.74) is 4.99. The van der Waals surface area contributed by atoms with Crippen molar-refractivity contribution in [3.05, 3.63) is 90.2 Å². The molecule has 0 aliphatic heterocycles. The minimum Gasteiger partial charge on any atom is -0.457 e. The molecule has 3 rings (SSSR count). The van der Waals surface area contributed by atoms with Gasteiger partial charge in [0.05, 0.1) is 5.75 Å². The van der Waals surface area contributed by atoms with Crippen LogP contribution in [-0.4, -0.2) is 17.6 Å². The number of hydrogen-bond donors (Lipinski definition) is 2. The van der Waals surface area contributed by atoms with E-state index < -0.39 is 11.8 Å². The third-order valence-corrected chi connectivity index (χ3v) is 4.63. The third-order valence-electron chi connectivity index (χ3n) is 3.59. The zero-order chi connectivity index (χ0) is 19.8. The molecule has 2 N–H and O–H groups in total. The Morgan fingerprint density at radius 2 is 1.57 bits per heavy atom. The summed E-state index contributed by atoms with van der Waals surface area (Å²) >= 11 is 1.05. The van der Waals surface area contributed by atoms with Crippen LogP contribution in [0.3, 0.4) is 0 Å². The summed E-state index contributed by atoms with van der Waals surface area (Å²) in [6.07, 6.45) is 0. The number of carbonyl (C=O) groups is 2. The van der Waals surface area contributed by atoms with Gasteiger partial charge >= 0.3 is 0 Å². The first-order valence-electron chi connectivity index (χ1n) is 8.41. The van der Waals surface area contributed by atoms with E-state index >= 15 is 0 Å². The number of para-hydroxylation sites is 1. The fourth-order valence-electron chi connectivity index (χ4n) is 2.27. The predicted octanol–water partition coefficient (Wildman–Crippen LogP) is 4.17. The van der Waals surface area contributed by atoms with E-state index in [1.54, 1.807) is 54.6 Å². The molecule has 0 heterocycles. The van der Waals surface area contributed by atoms with Crippen LogP contribution in [0.15, 0.2) is 83.8 Å². The van der Waals surface area contributed by atoms with Crippen molar-refractivity contribution in [2.75, 3.05) is 5.75 Å². The molecule has 0 saturated carbocycles. The van der Waals surface area contributed by atoms with Crippen LogP contribution in [0.25, 0.3) is 0 Å². The summed E-state index contributed by atoms with van der Waals surface area (Å²) in [6, 6.07) is 22.0. The molecular formula is C21H17FN2O3S. The minimum atomic E-state index is -0.484. The fourth-order valence-corrected chi connectivity index (χ4v) is 3.00. The van der Waals surface area contributed by atoms with Crippen molar-refractivity contribution in [2.24, 2.45) is 0 Å². The summed E-state index contributed by atoms with van der Waals surface area (Å²) in [5, 5.41) is 0. The van der Waals surface area contributed by atoms with Crippen molar-refractivity contribution >= 4 is 23.6 Å². The Balaban J connectivity index is 1.51. The molecule has 3 aromatic rings. The van der Waals surface area contributed by atoms with Crippen molar-refractivity contribution in [1.82, 2.24) is 10.9 Å². The number of nitrogens with one attached hydrogen (secondary N) is 2. The normalized spacial score (nSPS) is 10.2. The molecule has 0 radical (unpaired) electrons. The molecule has 0 aliphatic carbocycles. The van der Waals surface area contributed by atoms with E-state index in [9.17, 15) is 14.0 Å². The molecule has 2 amide bonds. The lowest BCUT2D eigenvalue weighted by atomic mass is 10.2. The predicted molar refractivity (Wildman–Crippen MR) is 106 cm³/mol. The van der Waals surface area contributed by atoms with Crippen molar-refractivity contribution in [1.29, 1.82) is 0 Å². The van der Waals surface area contributed by atoms with Crippen molar-refractivity contribution in [3.63, 3.8) is 0 Å². The maximum absolute atomic E-state index is 13.5. The maximum atomic E-state index is 13.5. The summed E-state index contributed by atoms with van der Waals surface area (Å²) in [4.78, 5) is 24.5. The highest BCUT2D eigenvalue weighted by molar-refractivity contribution is 8.00. The SMILES string of the molecule is O=C(CSc1ccccc1F)NNC(=O)c1cccc(Oc2ccccc2)c1. The number of thioether (sulfide) groups is 1. The van der Waals surface area contributed by atoms with E-state index in [0.29, 0.717) is 22.0 Å². The Kier molecular flexibility index (Phi) is 6.64. The van der Waals surface area contributed by atoms with Crippen LogP contribution in [0, 0.1) is 5.82 Å². The Morgan fingerprint density at radius 3 is 2.36 bits per heavy atom. The second kappa shape index (κ2) is 9.57. The average Bonchev–Trinajstić information content (AvgIpc) is 2.72. The largest absolute Gasteiger partial charge is 0.457 e. The summed E-state index contributed by atoms with van der Waals surface area (Å²) in [5.74, 6) is -0.197. The monoisotopic (exact) mass is 396 g/mol. The highest BCUT2D eigenvalue weighted by Gasteiger charge is 2.10. The first-order chi connectivity index (χ1) is 13.6. The Hall–Kier alpha value is -3.32. The minimum absolute atomic E-state index is 0.0294. The standard InChI is InChI=1S/C21H17FN2O3S/c22-18-11-4-5-12-19(18)28-14-20(25)23-24-21(26)15-7-6-10-17(13-15)27-16-8-2-1-3-9-16/h1-13H,14H2,(H,23,25)(H,24,26). The van der Waals surface area contributed by atoms with Gasteiger partial charge in [0.1, 0.15) is 17.3 Å². The number of halogens is 1. The van der Waals surface area contributed by atoms with E-state index in [2.05, 4.69) is 10.9 Å². The molecule has 28 heavy (non-hydrogen) atoms. The lowest BCUT2D eigenvalue weighted by molar-refractivity contribution is -0.119. The fraction of sp³-hybridized carbons (Fsp3) is 0.0476. The van der Waals surface area contributed by atoms with Crippen molar-refractivity contribution in [3.8, 4) is 11.5 Å². The first kappa shape index (κ1) is 19.4. The van der Waals surface area contributed by atoms with Gasteiger partial charge in [0.2, 0.25) is 5.91 Å². The number of hydrogen-bond acceptors (Lipinski definition) is 4. The van der Waals surface area contributed by atoms with E-state index in [4.69, 9.17) is 4.74 Å². The van der Waals surface area contributed by atoms with Gasteiger partial charge in [-0.1, -0.05) is 36.4 Å². The summed E-state index contributed by atoms with van der Waals surface area (Å²) in [7, 11) is 0. The highest BCUT2D eigenvalue weighted by Crippen LogP contribution is 2.22. The van der Waals surface area contributed by atoms with Crippen molar-refractivity contribution in [2.45, 2.75) is 4.90 Å². The van der Waals surface area contributed by atoms with Gasteiger partial charge in [0.15, 0.2) is 0 Å². The van der Waals surface area contributed by atoms with Gasteiger partial charge in [-0.05, 0) is 42.5 Å². The molecule has 0 atom stereocenters. The van der Waals surface area contributed by atoms with Crippen LogP contribution in [0.2, 0.25) is 0 Å². The van der Waals surface area contributed by atoms with Gasteiger partial charge in [-0.3, -0.25) is 20.4 Å². The summed E-state index contributed by atoms with van der Waals surface area (Å²) < 4.78 is 19.2. The number of rotatable bonds is 6. The Labute approximate surface area is 165 Å². The molecule has 142 valence electrons. The maximum Gasteiger partial charge on any atom is 0.269 e. The second-order valence-electron chi connectivity index (χ2n) is 5.66. The molecule has 0 bridgehead atoms. The molecule has 0 aromatic heterocycles. The molecule has 0 saturated heterocycles. The van der Waals surface area contributed by atoms with E-state index in [0.717, 1.165) is 11.8 Å². The molecule has 0 spiro atoms. The molecule has 0 unspecified atom stereocenters. The zero-order valence-electron chi connectivity index (χ0n) is 14.7. The number of amides is 2. The number of hydrazine groups is 1. The highest BCUT2D eigenvalue weighted by atomic mass is 32.2. The van der Waals surface area contributed by atoms with Crippen LogP contribution in [0.5, 0.6) is 11.5 Å². The van der Waals surface area contributed by atoms with Crippen LogP contribution in [0.1, 0.15) is 10.4 Å². The van der Waals surface area contributed by atoms with Gasteiger partial charge < -0.3 is 4.74 Å². The molecule has 7 heteroatoms. The van der Waals surface area contributed by atoms with Crippen LogP contribution >= 0.6 is 11.8 Å². The topological polar surface area (TPSA) is 67.4 Å². The van der Waals surface area contributed by atoms with Crippen LogP contribution in [-0.2, 0) is 4.79 Å². The number of benzene rings is 3. The van der Waals surface area contributed by atoms with Gasteiger partial charge in [-0.25, -0.2) is 4.39 Å². The van der Waals surface area contributed by atoms with E-state index in [-0.39, 0.29) is 11.6 Å². The average molecular weight is 396 g/mol. The third kappa shape index (κ3) is 5.59. The van der Waals surface area contributed by atoms with Gasteiger partial charge in [0, 0.05) is 10.5 Å².